The zero-order valence-electron chi connectivity index (χ0n) is 11.4. The Hall–Kier alpha value is -0.530. The third-order valence-corrected chi connectivity index (χ3v) is 2.86. The van der Waals surface area contributed by atoms with Gasteiger partial charge in [0.15, 0.2) is 5.96 Å². The van der Waals surface area contributed by atoms with Crippen LogP contribution in [-0.2, 0) is 9.53 Å². The van der Waals surface area contributed by atoms with Crippen molar-refractivity contribution in [1.82, 2.24) is 10.2 Å². The molecule has 1 rings (SSSR count). The molecule has 1 unspecified atom stereocenters. The van der Waals surface area contributed by atoms with Crippen molar-refractivity contribution in [1.29, 1.82) is 0 Å². The zero-order chi connectivity index (χ0) is 12.7. The maximum absolute atomic E-state index is 11.3. The van der Waals surface area contributed by atoms with Gasteiger partial charge < -0.3 is 15.0 Å². The van der Waals surface area contributed by atoms with E-state index in [1.165, 1.54) is 20.0 Å². The molecule has 1 saturated heterocycles. The molecule has 106 valence electrons. The van der Waals surface area contributed by atoms with Gasteiger partial charge in [0.25, 0.3) is 0 Å². The van der Waals surface area contributed by atoms with Gasteiger partial charge in [-0.05, 0) is 19.8 Å². The standard InChI is InChI=1S/C12H23N3O2.HI/c1-4-13-12(15-7-5-6-8-15)14-9-10(2)11(16)17-3;/h10H,4-9H2,1-3H3,(H,13,14);1H. The molecule has 1 aliphatic rings. The monoisotopic (exact) mass is 369 g/mol. The van der Waals surface area contributed by atoms with Gasteiger partial charge in [-0.3, -0.25) is 9.79 Å². The van der Waals surface area contributed by atoms with Crippen LogP contribution in [0, 0.1) is 5.92 Å². The predicted molar refractivity (Wildman–Crippen MR) is 83.4 cm³/mol. The van der Waals surface area contributed by atoms with Gasteiger partial charge in [0, 0.05) is 19.6 Å². The van der Waals surface area contributed by atoms with E-state index in [0.717, 1.165) is 25.6 Å². The number of carbonyl (C=O) groups is 1. The fourth-order valence-corrected chi connectivity index (χ4v) is 1.85. The molecular formula is C12H24IN3O2. The zero-order valence-corrected chi connectivity index (χ0v) is 13.8. The smallest absolute Gasteiger partial charge is 0.310 e. The van der Waals surface area contributed by atoms with Gasteiger partial charge in [0.05, 0.1) is 19.6 Å². The van der Waals surface area contributed by atoms with Crippen LogP contribution in [0.3, 0.4) is 0 Å². The molecule has 0 saturated carbocycles. The number of esters is 1. The number of hydrogen-bond donors (Lipinski definition) is 1. The molecule has 6 heteroatoms. The van der Waals surface area contributed by atoms with Crippen molar-refractivity contribution in [3.8, 4) is 0 Å². The van der Waals surface area contributed by atoms with E-state index >= 15 is 0 Å². The summed E-state index contributed by atoms with van der Waals surface area (Å²) >= 11 is 0. The Labute approximate surface area is 126 Å². The second kappa shape index (κ2) is 9.41. The van der Waals surface area contributed by atoms with Crippen LogP contribution in [0.15, 0.2) is 4.99 Å². The van der Waals surface area contributed by atoms with Gasteiger partial charge >= 0.3 is 5.97 Å². The number of methoxy groups -OCH3 is 1. The van der Waals surface area contributed by atoms with Crippen LogP contribution >= 0.6 is 24.0 Å². The summed E-state index contributed by atoms with van der Waals surface area (Å²) < 4.78 is 4.69. The lowest BCUT2D eigenvalue weighted by atomic mass is 10.2. The highest BCUT2D eigenvalue weighted by molar-refractivity contribution is 14.0. The van der Waals surface area contributed by atoms with E-state index < -0.39 is 0 Å². The third kappa shape index (κ3) is 5.41. The van der Waals surface area contributed by atoms with Crippen LogP contribution in [0.2, 0.25) is 0 Å². The first kappa shape index (κ1) is 17.5. The minimum absolute atomic E-state index is 0. The first-order valence-corrected chi connectivity index (χ1v) is 6.30. The molecule has 0 aromatic heterocycles. The topological polar surface area (TPSA) is 53.9 Å². The van der Waals surface area contributed by atoms with E-state index in [4.69, 9.17) is 0 Å². The molecule has 0 aliphatic carbocycles. The summed E-state index contributed by atoms with van der Waals surface area (Å²) in [4.78, 5) is 18.0. The van der Waals surface area contributed by atoms with Crippen LogP contribution in [0.1, 0.15) is 26.7 Å². The van der Waals surface area contributed by atoms with Crippen LogP contribution in [0.5, 0.6) is 0 Å². The summed E-state index contributed by atoms with van der Waals surface area (Å²) in [5.41, 5.74) is 0. The number of likely N-dealkylation sites (tertiary alicyclic amines) is 1. The molecule has 0 amide bonds. The first-order valence-electron chi connectivity index (χ1n) is 6.30. The van der Waals surface area contributed by atoms with E-state index in [-0.39, 0.29) is 35.9 Å². The summed E-state index contributed by atoms with van der Waals surface area (Å²) in [6.07, 6.45) is 2.44. The number of hydrogen-bond acceptors (Lipinski definition) is 3. The second-order valence-electron chi connectivity index (χ2n) is 4.31. The number of guanidine groups is 1. The van der Waals surface area contributed by atoms with Crippen molar-refractivity contribution in [2.24, 2.45) is 10.9 Å². The SMILES string of the molecule is CCNC(=NCC(C)C(=O)OC)N1CCCC1.I. The maximum atomic E-state index is 11.3. The molecule has 0 aromatic carbocycles. The molecule has 0 spiro atoms. The van der Waals surface area contributed by atoms with Gasteiger partial charge in [0.2, 0.25) is 0 Å². The van der Waals surface area contributed by atoms with Crippen molar-refractivity contribution >= 4 is 35.9 Å². The van der Waals surface area contributed by atoms with Gasteiger partial charge in [-0.25, -0.2) is 0 Å². The predicted octanol–water partition coefficient (Wildman–Crippen LogP) is 1.47. The third-order valence-electron chi connectivity index (χ3n) is 2.86. The van der Waals surface area contributed by atoms with Crippen LogP contribution in [0.25, 0.3) is 0 Å². The molecular weight excluding hydrogens is 345 g/mol. The average molecular weight is 369 g/mol. The van der Waals surface area contributed by atoms with Gasteiger partial charge in [-0.2, -0.15) is 0 Å². The van der Waals surface area contributed by atoms with E-state index in [0.29, 0.717) is 6.54 Å². The molecule has 1 N–H and O–H groups in total. The Morgan fingerprint density at radius 1 is 1.44 bits per heavy atom. The molecule has 0 aromatic rings. The Balaban J connectivity index is 0.00000289. The van der Waals surface area contributed by atoms with E-state index in [1.807, 2.05) is 6.92 Å². The molecule has 1 fully saturated rings. The Morgan fingerprint density at radius 3 is 2.56 bits per heavy atom. The molecule has 1 aliphatic heterocycles. The summed E-state index contributed by atoms with van der Waals surface area (Å²) in [6, 6.07) is 0. The second-order valence-corrected chi connectivity index (χ2v) is 4.31. The molecule has 1 heterocycles. The molecule has 0 bridgehead atoms. The average Bonchev–Trinajstić information content (AvgIpc) is 2.86. The van der Waals surface area contributed by atoms with Gasteiger partial charge in [0.1, 0.15) is 0 Å². The largest absolute Gasteiger partial charge is 0.469 e. The van der Waals surface area contributed by atoms with Crippen LogP contribution < -0.4 is 5.32 Å². The number of rotatable bonds is 4. The summed E-state index contributed by atoms with van der Waals surface area (Å²) in [5, 5.41) is 3.26. The quantitative estimate of drug-likeness (QED) is 0.353. The van der Waals surface area contributed by atoms with E-state index in [9.17, 15) is 4.79 Å². The minimum Gasteiger partial charge on any atom is -0.469 e. The fourth-order valence-electron chi connectivity index (χ4n) is 1.85. The van der Waals surface area contributed by atoms with Gasteiger partial charge in [-0.1, -0.05) is 6.92 Å². The Bertz CT molecular complexity index is 278. The number of aliphatic imine (C=N–C) groups is 1. The number of nitrogens with zero attached hydrogens (tertiary/aromatic N) is 2. The fraction of sp³-hybridized carbons (Fsp3) is 0.833. The number of nitrogens with one attached hydrogen (secondary N) is 1. The van der Waals surface area contributed by atoms with Crippen molar-refractivity contribution < 1.29 is 9.53 Å². The summed E-state index contributed by atoms with van der Waals surface area (Å²) in [5.74, 6) is 0.531. The lowest BCUT2D eigenvalue weighted by molar-refractivity contribution is -0.144. The van der Waals surface area contributed by atoms with Gasteiger partial charge in [-0.15, -0.1) is 24.0 Å². The van der Waals surface area contributed by atoms with E-state index in [2.05, 4.69) is 26.9 Å². The highest BCUT2D eigenvalue weighted by Crippen LogP contribution is 2.08. The lowest BCUT2D eigenvalue weighted by Gasteiger charge is -2.21. The highest BCUT2D eigenvalue weighted by atomic mass is 127. The number of ether oxygens (including phenoxy) is 1. The number of carbonyl (C=O) groups excluding carboxylic acids is 1. The van der Waals surface area contributed by atoms with Crippen molar-refractivity contribution in [3.63, 3.8) is 0 Å². The van der Waals surface area contributed by atoms with E-state index in [1.54, 1.807) is 0 Å². The molecule has 18 heavy (non-hydrogen) atoms. The van der Waals surface area contributed by atoms with Crippen molar-refractivity contribution in [3.05, 3.63) is 0 Å². The molecule has 0 radical (unpaired) electrons. The Kier molecular flexibility index (Phi) is 9.13. The highest BCUT2D eigenvalue weighted by Gasteiger charge is 2.17. The van der Waals surface area contributed by atoms with Crippen LogP contribution in [-0.4, -0.2) is 50.1 Å². The van der Waals surface area contributed by atoms with Crippen molar-refractivity contribution in [2.45, 2.75) is 26.7 Å². The molecule has 5 nitrogen and oxygen atoms in total. The first-order chi connectivity index (χ1) is 8.19. The molecule has 1 atom stereocenters. The maximum Gasteiger partial charge on any atom is 0.310 e. The summed E-state index contributed by atoms with van der Waals surface area (Å²) in [6.45, 7) is 7.32. The lowest BCUT2D eigenvalue weighted by Crippen LogP contribution is -2.40. The Morgan fingerprint density at radius 2 is 2.06 bits per heavy atom. The number of halogens is 1. The normalized spacial score (nSPS) is 17.1. The van der Waals surface area contributed by atoms with Crippen molar-refractivity contribution in [2.75, 3.05) is 33.3 Å². The van der Waals surface area contributed by atoms with Crippen LogP contribution in [0.4, 0.5) is 0 Å². The minimum atomic E-state index is -0.203. The summed E-state index contributed by atoms with van der Waals surface area (Å²) in [7, 11) is 1.41.